The third-order valence-corrected chi connectivity index (χ3v) is 9.94. The standard InChI is InChI=1S/C46H50N4O12/c1-45(2,3)62-44(56)47-35(42(54)59-27-29-12-8-6-9-13-29)26-38(51)48-37-24-25-50(43(55)49-37)41-40(53)39(52)36(61-41)28-60-46(30-14-10-7-11-15-30,31-16-20-33(57-4)21-17-31)32-18-22-34(58-5)23-19-32/h6-25,35-36,39-41,52-53H,26-28H2,1-5H3,(H,47,56)(H,48,49,51,55)/t35-,36+,39?,40+,41+/m0/s1. The highest BCUT2D eigenvalue weighted by atomic mass is 16.6. The van der Waals surface area contributed by atoms with E-state index in [1.54, 1.807) is 65.3 Å². The molecule has 0 spiro atoms. The number of nitrogens with one attached hydrogen (secondary N) is 2. The zero-order valence-electron chi connectivity index (χ0n) is 34.9. The van der Waals surface area contributed by atoms with Crippen molar-refractivity contribution < 1.29 is 53.0 Å². The Morgan fingerprint density at radius 1 is 0.790 bits per heavy atom. The van der Waals surface area contributed by atoms with Crippen molar-refractivity contribution in [2.45, 2.75) is 75.6 Å². The van der Waals surface area contributed by atoms with Gasteiger partial charge in [0.25, 0.3) is 0 Å². The van der Waals surface area contributed by atoms with Crippen LogP contribution < -0.4 is 25.8 Å². The molecule has 0 aliphatic carbocycles. The number of carbonyl (C=O) groups excluding carboxylic acids is 3. The molecule has 1 aliphatic heterocycles. The quantitative estimate of drug-likeness (QED) is 0.0775. The SMILES string of the molecule is COc1ccc(C(OC[C@H]2O[C@@H](n3ccc(NC(=O)C[C@H](NC(=O)OC(C)(C)C)C(=O)OCc4ccccc4)nc3=O)[C@H](O)C2O)(c2ccccc2)c2ccc(OC)cc2)cc1. The van der Waals surface area contributed by atoms with E-state index in [1.165, 1.54) is 12.3 Å². The molecule has 0 bridgehead atoms. The molecule has 4 N–H and O–H groups in total. The molecule has 1 aromatic heterocycles. The van der Waals surface area contributed by atoms with E-state index in [9.17, 15) is 29.4 Å². The fourth-order valence-corrected chi connectivity index (χ4v) is 6.91. The summed E-state index contributed by atoms with van der Waals surface area (Å²) in [5.41, 5.74) is -0.169. The lowest BCUT2D eigenvalue weighted by molar-refractivity contribution is -0.148. The van der Waals surface area contributed by atoms with Crippen LogP contribution in [0.25, 0.3) is 0 Å². The van der Waals surface area contributed by atoms with Crippen molar-refractivity contribution in [3.8, 4) is 11.5 Å². The van der Waals surface area contributed by atoms with Gasteiger partial charge in [0.15, 0.2) is 6.23 Å². The Kier molecular flexibility index (Phi) is 14.4. The lowest BCUT2D eigenvalue weighted by atomic mass is 9.80. The smallest absolute Gasteiger partial charge is 0.408 e. The summed E-state index contributed by atoms with van der Waals surface area (Å²) in [5.74, 6) is -0.600. The third-order valence-electron chi connectivity index (χ3n) is 9.94. The fourth-order valence-electron chi connectivity index (χ4n) is 6.91. The molecule has 1 aliphatic rings. The summed E-state index contributed by atoms with van der Waals surface area (Å²) in [4.78, 5) is 56.2. The van der Waals surface area contributed by atoms with E-state index in [4.69, 9.17) is 28.4 Å². The third kappa shape index (κ3) is 10.8. The van der Waals surface area contributed by atoms with Crippen LogP contribution in [0.15, 0.2) is 126 Å². The number of alkyl carbamates (subject to hydrolysis) is 1. The molecule has 5 atom stereocenters. The van der Waals surface area contributed by atoms with Crippen LogP contribution in [0.1, 0.15) is 55.7 Å². The normalized spacial score (nSPS) is 18.0. The number of anilines is 1. The first kappa shape index (κ1) is 44.9. The van der Waals surface area contributed by atoms with Crippen molar-refractivity contribution in [2.75, 3.05) is 26.1 Å². The minimum Gasteiger partial charge on any atom is -0.497 e. The topological polar surface area (TPSA) is 206 Å². The maximum Gasteiger partial charge on any atom is 0.408 e. The van der Waals surface area contributed by atoms with Crippen molar-refractivity contribution >= 4 is 23.8 Å². The predicted molar refractivity (Wildman–Crippen MR) is 225 cm³/mol. The van der Waals surface area contributed by atoms with Gasteiger partial charge in [-0.25, -0.2) is 14.4 Å². The molecule has 16 heteroatoms. The largest absolute Gasteiger partial charge is 0.497 e. The van der Waals surface area contributed by atoms with Crippen molar-refractivity contribution in [1.29, 1.82) is 0 Å². The van der Waals surface area contributed by atoms with Gasteiger partial charge in [-0.2, -0.15) is 4.98 Å². The van der Waals surface area contributed by atoms with Crippen LogP contribution in [0.2, 0.25) is 0 Å². The highest BCUT2D eigenvalue weighted by Crippen LogP contribution is 2.43. The van der Waals surface area contributed by atoms with Crippen molar-refractivity contribution in [3.63, 3.8) is 0 Å². The second-order valence-electron chi connectivity index (χ2n) is 15.4. The van der Waals surface area contributed by atoms with Crippen LogP contribution in [-0.4, -0.2) is 88.5 Å². The summed E-state index contributed by atoms with van der Waals surface area (Å²) in [7, 11) is 3.14. The lowest BCUT2D eigenvalue weighted by Crippen LogP contribution is -2.46. The molecule has 0 saturated carbocycles. The molecule has 326 valence electrons. The summed E-state index contributed by atoms with van der Waals surface area (Å²) in [6.45, 7) is 4.58. The number of amides is 2. The molecule has 2 amide bonds. The first-order valence-corrected chi connectivity index (χ1v) is 19.8. The summed E-state index contributed by atoms with van der Waals surface area (Å²) < 4.78 is 35.5. The Morgan fingerprint density at radius 3 is 1.90 bits per heavy atom. The van der Waals surface area contributed by atoms with E-state index in [0.29, 0.717) is 17.1 Å². The van der Waals surface area contributed by atoms with Gasteiger partial charge >= 0.3 is 17.8 Å². The fraction of sp³-hybridized carbons (Fsp3) is 0.326. The van der Waals surface area contributed by atoms with E-state index >= 15 is 0 Å². The maximum atomic E-state index is 13.4. The maximum absolute atomic E-state index is 13.4. The summed E-state index contributed by atoms with van der Waals surface area (Å²) in [6.07, 6.45) is -5.90. The molecule has 6 rings (SSSR count). The molecule has 0 radical (unpaired) electrons. The van der Waals surface area contributed by atoms with Crippen LogP contribution in [-0.2, 0) is 40.7 Å². The average molecular weight is 851 g/mol. The van der Waals surface area contributed by atoms with Gasteiger partial charge in [0, 0.05) is 6.20 Å². The number of hydrogen-bond acceptors (Lipinski definition) is 13. The van der Waals surface area contributed by atoms with Gasteiger partial charge in [-0.15, -0.1) is 0 Å². The number of carbonyl (C=O) groups is 3. The second kappa shape index (κ2) is 19.9. The van der Waals surface area contributed by atoms with Crippen LogP contribution in [0.3, 0.4) is 0 Å². The Bertz CT molecular complexity index is 2290. The van der Waals surface area contributed by atoms with Gasteiger partial charge < -0.3 is 49.3 Å². The van der Waals surface area contributed by atoms with E-state index in [2.05, 4.69) is 15.6 Å². The zero-order valence-corrected chi connectivity index (χ0v) is 34.9. The molecule has 4 aromatic carbocycles. The number of aliphatic hydroxyl groups is 2. The van der Waals surface area contributed by atoms with Gasteiger partial charge in [-0.05, 0) is 73.4 Å². The molecular formula is C46H50N4O12. The number of ether oxygens (including phenoxy) is 6. The number of benzene rings is 4. The lowest BCUT2D eigenvalue weighted by Gasteiger charge is -2.37. The molecule has 1 unspecified atom stereocenters. The molecule has 1 saturated heterocycles. The molecule has 62 heavy (non-hydrogen) atoms. The van der Waals surface area contributed by atoms with Gasteiger partial charge in [-0.3, -0.25) is 9.36 Å². The zero-order chi connectivity index (χ0) is 44.4. The Hall–Kier alpha value is -6.59. The molecule has 5 aromatic rings. The summed E-state index contributed by atoms with van der Waals surface area (Å²) in [6, 6.07) is 32.9. The van der Waals surface area contributed by atoms with E-state index in [0.717, 1.165) is 21.3 Å². The second-order valence-corrected chi connectivity index (χ2v) is 15.4. The van der Waals surface area contributed by atoms with E-state index < -0.39 is 71.9 Å². The molecule has 2 heterocycles. The molecule has 1 fully saturated rings. The van der Waals surface area contributed by atoms with E-state index in [-0.39, 0.29) is 19.0 Å². The van der Waals surface area contributed by atoms with E-state index in [1.807, 2.05) is 78.9 Å². The highest BCUT2D eigenvalue weighted by molar-refractivity contribution is 5.94. The number of esters is 1. The summed E-state index contributed by atoms with van der Waals surface area (Å²) >= 11 is 0. The minimum absolute atomic E-state index is 0.108. The number of methoxy groups -OCH3 is 2. The Morgan fingerprint density at radius 2 is 1.35 bits per heavy atom. The van der Waals surface area contributed by atoms with Crippen molar-refractivity contribution in [3.05, 3.63) is 154 Å². The number of aliphatic hydroxyl groups excluding tert-OH is 2. The minimum atomic E-state index is -1.58. The predicted octanol–water partition coefficient (Wildman–Crippen LogP) is 4.85. The number of nitrogens with zero attached hydrogens (tertiary/aromatic N) is 2. The van der Waals surface area contributed by atoms with Crippen LogP contribution in [0, 0.1) is 0 Å². The van der Waals surface area contributed by atoms with Crippen molar-refractivity contribution in [1.82, 2.24) is 14.9 Å². The molecule has 16 nitrogen and oxygen atoms in total. The Balaban J connectivity index is 1.18. The Labute approximate surface area is 358 Å². The number of aromatic nitrogens is 2. The first-order chi connectivity index (χ1) is 29.7. The van der Waals surface area contributed by atoms with Gasteiger partial charge in [0.1, 0.15) is 59.5 Å². The average Bonchev–Trinajstić information content (AvgIpc) is 3.54. The summed E-state index contributed by atoms with van der Waals surface area (Å²) in [5, 5.41) is 27.4. The van der Waals surface area contributed by atoms with Crippen LogP contribution >= 0.6 is 0 Å². The van der Waals surface area contributed by atoms with Crippen molar-refractivity contribution in [2.24, 2.45) is 0 Å². The number of hydrogen-bond donors (Lipinski definition) is 4. The first-order valence-electron chi connectivity index (χ1n) is 19.8. The van der Waals surface area contributed by atoms with Crippen LogP contribution in [0.5, 0.6) is 11.5 Å². The number of rotatable bonds is 16. The molecular weight excluding hydrogens is 801 g/mol. The van der Waals surface area contributed by atoms with Gasteiger partial charge in [-0.1, -0.05) is 84.9 Å². The van der Waals surface area contributed by atoms with Gasteiger partial charge in [0.05, 0.1) is 27.2 Å². The highest BCUT2D eigenvalue weighted by Gasteiger charge is 2.47. The monoisotopic (exact) mass is 850 g/mol. The van der Waals surface area contributed by atoms with Crippen LogP contribution in [0.4, 0.5) is 10.6 Å². The van der Waals surface area contributed by atoms with Gasteiger partial charge in [0.2, 0.25) is 5.91 Å².